The molecular formula is C28H28N4O4. The van der Waals surface area contributed by atoms with Crippen LogP contribution < -0.4 is 16.2 Å². The lowest BCUT2D eigenvalue weighted by molar-refractivity contribution is -0.118. The molecule has 0 aliphatic carbocycles. The van der Waals surface area contributed by atoms with E-state index in [1.54, 1.807) is 18.7 Å². The van der Waals surface area contributed by atoms with Crippen molar-refractivity contribution in [2.75, 3.05) is 5.32 Å². The van der Waals surface area contributed by atoms with Crippen LogP contribution in [0.1, 0.15) is 16.8 Å². The Kier molecular flexibility index (Phi) is 7.65. The highest BCUT2D eigenvalue weighted by Gasteiger charge is 2.25. The van der Waals surface area contributed by atoms with Gasteiger partial charge in [-0.1, -0.05) is 78.9 Å². The molecule has 0 saturated carbocycles. The third kappa shape index (κ3) is 5.72. The van der Waals surface area contributed by atoms with Crippen molar-refractivity contribution < 1.29 is 14.3 Å². The Morgan fingerprint density at radius 3 is 2.03 bits per heavy atom. The van der Waals surface area contributed by atoms with Gasteiger partial charge in [0.05, 0.1) is 11.4 Å². The molecule has 2 amide bonds. The highest BCUT2D eigenvalue weighted by Crippen LogP contribution is 2.15. The van der Waals surface area contributed by atoms with E-state index in [1.807, 2.05) is 91.0 Å². The summed E-state index contributed by atoms with van der Waals surface area (Å²) < 4.78 is 8.49. The van der Waals surface area contributed by atoms with Gasteiger partial charge in [0.25, 0.3) is 5.56 Å². The Hall–Kier alpha value is -4.59. The zero-order valence-electron chi connectivity index (χ0n) is 20.2. The van der Waals surface area contributed by atoms with Crippen molar-refractivity contribution in [3.05, 3.63) is 118 Å². The van der Waals surface area contributed by atoms with Crippen molar-refractivity contribution in [2.45, 2.75) is 26.0 Å². The maximum atomic E-state index is 13.3. The number of amides is 2. The number of carbonyl (C=O) groups excluding carboxylic acids is 2. The van der Waals surface area contributed by atoms with Gasteiger partial charge in [0, 0.05) is 13.5 Å². The van der Waals surface area contributed by atoms with Gasteiger partial charge in [0.2, 0.25) is 5.91 Å². The van der Waals surface area contributed by atoms with Gasteiger partial charge in [-0.3, -0.25) is 14.3 Å². The molecule has 4 rings (SSSR count). The smallest absolute Gasteiger partial charge is 0.408 e. The van der Waals surface area contributed by atoms with Crippen LogP contribution in [0.2, 0.25) is 0 Å². The van der Waals surface area contributed by atoms with E-state index in [4.69, 9.17) is 4.74 Å². The molecule has 0 bridgehead atoms. The van der Waals surface area contributed by atoms with Crippen LogP contribution in [0.3, 0.4) is 0 Å². The normalized spacial score (nSPS) is 11.5. The lowest BCUT2D eigenvalue weighted by atomic mass is 10.1. The zero-order chi connectivity index (χ0) is 25.5. The van der Waals surface area contributed by atoms with Crippen LogP contribution >= 0.6 is 0 Å². The molecule has 0 fully saturated rings. The quantitative estimate of drug-likeness (QED) is 0.396. The highest BCUT2D eigenvalue weighted by molar-refractivity contribution is 5.97. The number of hydrogen-bond donors (Lipinski definition) is 2. The predicted octanol–water partition coefficient (Wildman–Crippen LogP) is 3.96. The summed E-state index contributed by atoms with van der Waals surface area (Å²) in [5.41, 5.74) is 2.74. The summed E-state index contributed by atoms with van der Waals surface area (Å²) in [6.45, 7) is 1.83. The number of anilines is 1. The molecule has 8 heteroatoms. The molecule has 0 spiro atoms. The van der Waals surface area contributed by atoms with Crippen LogP contribution in [0.4, 0.5) is 10.5 Å². The Balaban J connectivity index is 1.54. The Labute approximate surface area is 209 Å². The Bertz CT molecular complexity index is 1380. The van der Waals surface area contributed by atoms with E-state index >= 15 is 0 Å². The van der Waals surface area contributed by atoms with Crippen molar-refractivity contribution in [1.29, 1.82) is 0 Å². The van der Waals surface area contributed by atoms with E-state index in [2.05, 4.69) is 10.6 Å². The van der Waals surface area contributed by atoms with E-state index in [-0.39, 0.29) is 24.3 Å². The van der Waals surface area contributed by atoms with Crippen molar-refractivity contribution in [2.24, 2.45) is 7.05 Å². The zero-order valence-corrected chi connectivity index (χ0v) is 20.2. The molecule has 36 heavy (non-hydrogen) atoms. The first-order valence-electron chi connectivity index (χ1n) is 11.6. The number of para-hydroxylation sites is 1. The third-order valence-electron chi connectivity index (χ3n) is 5.91. The molecule has 1 unspecified atom stereocenters. The summed E-state index contributed by atoms with van der Waals surface area (Å²) in [5, 5.41) is 5.40. The van der Waals surface area contributed by atoms with Crippen LogP contribution in [-0.4, -0.2) is 27.4 Å². The highest BCUT2D eigenvalue weighted by atomic mass is 16.5. The van der Waals surface area contributed by atoms with Crippen molar-refractivity contribution in [3.63, 3.8) is 0 Å². The molecule has 0 aliphatic rings. The molecule has 1 atom stereocenters. The molecule has 0 saturated heterocycles. The molecule has 1 aromatic heterocycles. The summed E-state index contributed by atoms with van der Waals surface area (Å²) in [7, 11) is 1.75. The fourth-order valence-corrected chi connectivity index (χ4v) is 3.89. The number of ether oxygens (including phenoxy) is 1. The number of nitrogens with zero attached hydrogens (tertiary/aromatic N) is 2. The summed E-state index contributed by atoms with van der Waals surface area (Å²) in [6, 6.07) is 26.8. The standard InChI is InChI=1S/C28H28N4O4/c1-20-25(27(34)32(31(20)2)23-16-10-5-11-17-23)30-26(33)24(18-21-12-6-3-7-13-21)29-28(35)36-19-22-14-8-4-9-15-22/h3-17,24H,18-19H2,1-2H3,(H,29,35)(H,30,33). The molecule has 2 N–H and O–H groups in total. The number of carbonyl (C=O) groups is 2. The van der Waals surface area contributed by atoms with Crippen molar-refractivity contribution in [3.8, 4) is 5.69 Å². The molecule has 8 nitrogen and oxygen atoms in total. The second-order valence-electron chi connectivity index (χ2n) is 8.37. The van der Waals surface area contributed by atoms with Crippen LogP contribution in [0.5, 0.6) is 0 Å². The molecule has 0 aliphatic heterocycles. The Morgan fingerprint density at radius 2 is 1.42 bits per heavy atom. The van der Waals surface area contributed by atoms with Gasteiger partial charge in [0.1, 0.15) is 18.3 Å². The largest absolute Gasteiger partial charge is 0.445 e. The fourth-order valence-electron chi connectivity index (χ4n) is 3.89. The predicted molar refractivity (Wildman–Crippen MR) is 138 cm³/mol. The monoisotopic (exact) mass is 484 g/mol. The van der Waals surface area contributed by atoms with Gasteiger partial charge in [0.15, 0.2) is 0 Å². The third-order valence-corrected chi connectivity index (χ3v) is 5.91. The Morgan fingerprint density at radius 1 is 0.861 bits per heavy atom. The van der Waals surface area contributed by atoms with E-state index in [0.717, 1.165) is 11.1 Å². The molecule has 3 aromatic carbocycles. The average Bonchev–Trinajstić information content (AvgIpc) is 3.11. The molecule has 4 aromatic rings. The van der Waals surface area contributed by atoms with Gasteiger partial charge in [-0.05, 0) is 30.2 Å². The number of hydrogen-bond acceptors (Lipinski definition) is 4. The maximum absolute atomic E-state index is 13.3. The SMILES string of the molecule is Cc1c(NC(=O)C(Cc2ccccc2)NC(=O)OCc2ccccc2)c(=O)n(-c2ccccc2)n1C. The second-order valence-corrected chi connectivity index (χ2v) is 8.37. The fraction of sp³-hybridized carbons (Fsp3) is 0.179. The number of aromatic nitrogens is 2. The first-order chi connectivity index (χ1) is 17.4. The van der Waals surface area contributed by atoms with Crippen molar-refractivity contribution >= 4 is 17.7 Å². The summed E-state index contributed by atoms with van der Waals surface area (Å²) in [6.07, 6.45) is -0.493. The minimum Gasteiger partial charge on any atom is -0.445 e. The van der Waals surface area contributed by atoms with Crippen LogP contribution in [0.15, 0.2) is 95.8 Å². The van der Waals surface area contributed by atoms with E-state index in [1.165, 1.54) is 4.68 Å². The second kappa shape index (κ2) is 11.2. The van der Waals surface area contributed by atoms with E-state index < -0.39 is 18.0 Å². The lowest BCUT2D eigenvalue weighted by Gasteiger charge is -2.18. The van der Waals surface area contributed by atoms with Gasteiger partial charge >= 0.3 is 6.09 Å². The summed E-state index contributed by atoms with van der Waals surface area (Å²) in [4.78, 5) is 39.1. The number of nitrogens with one attached hydrogen (secondary N) is 2. The van der Waals surface area contributed by atoms with Gasteiger partial charge in [-0.15, -0.1) is 0 Å². The minimum atomic E-state index is -0.958. The first-order valence-corrected chi connectivity index (χ1v) is 11.6. The van der Waals surface area contributed by atoms with Gasteiger partial charge in [-0.2, -0.15) is 0 Å². The number of rotatable bonds is 8. The topological polar surface area (TPSA) is 94.4 Å². The van der Waals surface area contributed by atoms with Crippen LogP contribution in [0.25, 0.3) is 5.69 Å². The maximum Gasteiger partial charge on any atom is 0.408 e. The average molecular weight is 485 g/mol. The number of alkyl carbamates (subject to hydrolysis) is 1. The van der Waals surface area contributed by atoms with Crippen LogP contribution in [-0.2, 0) is 29.6 Å². The van der Waals surface area contributed by atoms with Gasteiger partial charge in [-0.25, -0.2) is 9.48 Å². The first kappa shape index (κ1) is 24.5. The molecule has 0 radical (unpaired) electrons. The lowest BCUT2D eigenvalue weighted by Crippen LogP contribution is -2.46. The van der Waals surface area contributed by atoms with Gasteiger partial charge < -0.3 is 15.4 Å². The molecular weight excluding hydrogens is 456 g/mol. The summed E-state index contributed by atoms with van der Waals surface area (Å²) >= 11 is 0. The number of benzene rings is 3. The molecule has 184 valence electrons. The van der Waals surface area contributed by atoms with Crippen molar-refractivity contribution in [1.82, 2.24) is 14.7 Å². The van der Waals surface area contributed by atoms with E-state index in [0.29, 0.717) is 11.4 Å². The van der Waals surface area contributed by atoms with Crippen LogP contribution in [0, 0.1) is 6.92 Å². The van der Waals surface area contributed by atoms with E-state index in [9.17, 15) is 14.4 Å². The minimum absolute atomic E-state index is 0.0753. The molecule has 1 heterocycles. The summed E-state index contributed by atoms with van der Waals surface area (Å²) in [5.74, 6) is -0.512.